The standard InChI is InChI=1S/C26H22N4O2S2/c1-3-7-19-17(5-1)21-24(28-14-30-26(21)34-19)31-15-9-11-16(12-10-15)32-25-23-22(27-13-29-25)18-6-2-4-8-20(18)33-23/h9-14H,1-8H2. The van der Waals surface area contributed by atoms with Crippen LogP contribution in [0.15, 0.2) is 36.9 Å². The molecule has 2 aliphatic carbocycles. The lowest BCUT2D eigenvalue weighted by Crippen LogP contribution is -1.99. The summed E-state index contributed by atoms with van der Waals surface area (Å²) in [5.41, 5.74) is 3.80. The Hall–Kier alpha value is -3.10. The molecule has 5 aromatic rings. The molecule has 0 saturated heterocycles. The number of hydrogen-bond acceptors (Lipinski definition) is 8. The highest BCUT2D eigenvalue weighted by Crippen LogP contribution is 2.42. The summed E-state index contributed by atoms with van der Waals surface area (Å²) >= 11 is 3.55. The van der Waals surface area contributed by atoms with E-state index in [-0.39, 0.29) is 0 Å². The molecule has 7 rings (SSSR count). The number of aryl methyl sites for hydroxylation is 4. The highest BCUT2D eigenvalue weighted by atomic mass is 32.1. The second kappa shape index (κ2) is 8.29. The molecule has 6 nitrogen and oxygen atoms in total. The first kappa shape index (κ1) is 20.3. The molecule has 0 N–H and O–H groups in total. The predicted molar refractivity (Wildman–Crippen MR) is 135 cm³/mol. The van der Waals surface area contributed by atoms with Gasteiger partial charge < -0.3 is 9.47 Å². The number of fused-ring (bicyclic) bond motifs is 6. The third kappa shape index (κ3) is 3.44. The molecule has 0 aliphatic heterocycles. The largest absolute Gasteiger partial charge is 0.438 e. The molecule has 0 radical (unpaired) electrons. The van der Waals surface area contributed by atoms with Crippen LogP contribution >= 0.6 is 22.7 Å². The maximum Gasteiger partial charge on any atom is 0.240 e. The molecule has 170 valence electrons. The molecule has 0 atom stereocenters. The minimum absolute atomic E-state index is 0.625. The third-order valence-electron chi connectivity index (χ3n) is 6.67. The fourth-order valence-corrected chi connectivity index (χ4v) is 7.53. The topological polar surface area (TPSA) is 70.0 Å². The van der Waals surface area contributed by atoms with E-state index in [1.54, 1.807) is 35.3 Å². The minimum Gasteiger partial charge on any atom is -0.438 e. The van der Waals surface area contributed by atoms with Gasteiger partial charge in [0.1, 0.15) is 33.7 Å². The van der Waals surface area contributed by atoms with Gasteiger partial charge in [-0.25, -0.2) is 19.9 Å². The molecule has 0 spiro atoms. The number of rotatable bonds is 4. The van der Waals surface area contributed by atoms with Crippen LogP contribution in [-0.2, 0) is 25.7 Å². The van der Waals surface area contributed by atoms with Crippen LogP contribution in [-0.4, -0.2) is 19.9 Å². The van der Waals surface area contributed by atoms with Crippen molar-refractivity contribution in [2.24, 2.45) is 0 Å². The Bertz CT molecular complexity index is 1520. The summed E-state index contributed by atoms with van der Waals surface area (Å²) in [6.07, 6.45) is 12.6. The second-order valence-corrected chi connectivity index (χ2v) is 11.0. The van der Waals surface area contributed by atoms with E-state index in [1.165, 1.54) is 46.6 Å². The number of ether oxygens (including phenoxy) is 2. The minimum atomic E-state index is 0.625. The highest BCUT2D eigenvalue weighted by Gasteiger charge is 2.22. The molecule has 1 aromatic carbocycles. The summed E-state index contributed by atoms with van der Waals surface area (Å²) in [7, 11) is 0. The van der Waals surface area contributed by atoms with Crippen LogP contribution in [0.5, 0.6) is 23.3 Å². The van der Waals surface area contributed by atoms with Crippen molar-refractivity contribution >= 4 is 43.1 Å². The zero-order chi connectivity index (χ0) is 22.5. The van der Waals surface area contributed by atoms with Crippen molar-refractivity contribution in [2.45, 2.75) is 51.4 Å². The second-order valence-electron chi connectivity index (χ2n) is 8.81. The van der Waals surface area contributed by atoms with Crippen LogP contribution in [0.4, 0.5) is 0 Å². The Labute approximate surface area is 204 Å². The van der Waals surface area contributed by atoms with Gasteiger partial charge in [-0.05, 0) is 86.8 Å². The Kier molecular flexibility index (Phi) is 4.94. The average Bonchev–Trinajstić information content (AvgIpc) is 3.45. The van der Waals surface area contributed by atoms with Crippen molar-refractivity contribution in [3.63, 3.8) is 0 Å². The first-order valence-electron chi connectivity index (χ1n) is 11.8. The van der Waals surface area contributed by atoms with E-state index in [0.717, 1.165) is 57.6 Å². The summed E-state index contributed by atoms with van der Waals surface area (Å²) in [6.45, 7) is 0. The Morgan fingerprint density at radius 2 is 1.24 bits per heavy atom. The van der Waals surface area contributed by atoms with E-state index in [9.17, 15) is 0 Å². The van der Waals surface area contributed by atoms with Gasteiger partial charge in [0.05, 0.1) is 10.9 Å². The lowest BCUT2D eigenvalue weighted by Gasteiger charge is -2.12. The van der Waals surface area contributed by atoms with Crippen molar-refractivity contribution < 1.29 is 9.47 Å². The number of aromatic nitrogens is 4. The van der Waals surface area contributed by atoms with Gasteiger partial charge >= 0.3 is 0 Å². The third-order valence-corrected chi connectivity index (χ3v) is 9.14. The maximum absolute atomic E-state index is 6.22. The fraction of sp³-hybridized carbons (Fsp3) is 0.308. The SMILES string of the molecule is c1nc(Oc2ccc(Oc3ncnc4c5c(sc34)CCCC5)cc2)c2c3c(sc2n1)CCCC3. The molecule has 34 heavy (non-hydrogen) atoms. The van der Waals surface area contributed by atoms with Gasteiger partial charge in [0.2, 0.25) is 11.8 Å². The number of hydrogen-bond donors (Lipinski definition) is 0. The van der Waals surface area contributed by atoms with Gasteiger partial charge in [0.15, 0.2) is 0 Å². The number of benzene rings is 1. The molecular weight excluding hydrogens is 464 g/mol. The molecule has 0 amide bonds. The van der Waals surface area contributed by atoms with Crippen LogP contribution in [0.1, 0.15) is 46.6 Å². The van der Waals surface area contributed by atoms with Gasteiger partial charge in [-0.2, -0.15) is 0 Å². The lowest BCUT2D eigenvalue weighted by atomic mass is 9.97. The molecule has 0 saturated carbocycles. The zero-order valence-electron chi connectivity index (χ0n) is 18.5. The molecular formula is C26H22N4O2S2. The first-order valence-corrected chi connectivity index (χ1v) is 13.4. The fourth-order valence-electron chi connectivity index (χ4n) is 5.04. The van der Waals surface area contributed by atoms with Crippen molar-refractivity contribution in [1.29, 1.82) is 0 Å². The van der Waals surface area contributed by atoms with E-state index >= 15 is 0 Å². The Morgan fingerprint density at radius 1 is 0.618 bits per heavy atom. The monoisotopic (exact) mass is 486 g/mol. The van der Waals surface area contributed by atoms with Gasteiger partial charge in [-0.15, -0.1) is 22.7 Å². The van der Waals surface area contributed by atoms with Gasteiger partial charge in [-0.1, -0.05) is 0 Å². The molecule has 4 aromatic heterocycles. The summed E-state index contributed by atoms with van der Waals surface area (Å²) < 4.78 is 13.5. The summed E-state index contributed by atoms with van der Waals surface area (Å²) in [4.78, 5) is 21.8. The van der Waals surface area contributed by atoms with Crippen LogP contribution in [0.25, 0.3) is 20.4 Å². The predicted octanol–water partition coefficient (Wildman–Crippen LogP) is 7.04. The molecule has 8 heteroatoms. The van der Waals surface area contributed by atoms with Crippen molar-refractivity contribution in [1.82, 2.24) is 19.9 Å². The number of thiophene rings is 2. The van der Waals surface area contributed by atoms with E-state index in [2.05, 4.69) is 19.9 Å². The van der Waals surface area contributed by atoms with E-state index < -0.39 is 0 Å². The first-order chi connectivity index (χ1) is 16.8. The van der Waals surface area contributed by atoms with Crippen LogP contribution in [0, 0.1) is 0 Å². The number of nitrogens with zero attached hydrogens (tertiary/aromatic N) is 4. The smallest absolute Gasteiger partial charge is 0.240 e. The molecule has 4 heterocycles. The van der Waals surface area contributed by atoms with Gasteiger partial charge in [-0.3, -0.25) is 0 Å². The van der Waals surface area contributed by atoms with Crippen molar-refractivity contribution in [3.05, 3.63) is 57.8 Å². The lowest BCUT2D eigenvalue weighted by molar-refractivity contribution is 0.455. The van der Waals surface area contributed by atoms with E-state index in [1.807, 2.05) is 24.3 Å². The van der Waals surface area contributed by atoms with Gasteiger partial charge in [0.25, 0.3) is 0 Å². The normalized spacial score (nSPS) is 15.3. The van der Waals surface area contributed by atoms with Crippen molar-refractivity contribution in [3.8, 4) is 23.3 Å². The molecule has 2 aliphatic rings. The summed E-state index contributed by atoms with van der Waals surface area (Å²) in [6, 6.07) is 7.66. The van der Waals surface area contributed by atoms with Gasteiger partial charge in [0, 0.05) is 9.75 Å². The maximum atomic E-state index is 6.22. The zero-order valence-corrected chi connectivity index (χ0v) is 20.2. The highest BCUT2D eigenvalue weighted by molar-refractivity contribution is 7.19. The Balaban J connectivity index is 1.16. The molecule has 0 unspecified atom stereocenters. The van der Waals surface area contributed by atoms with Crippen molar-refractivity contribution in [2.75, 3.05) is 0 Å². The van der Waals surface area contributed by atoms with Crippen LogP contribution in [0.2, 0.25) is 0 Å². The van der Waals surface area contributed by atoms with E-state index in [0.29, 0.717) is 11.8 Å². The van der Waals surface area contributed by atoms with Crippen LogP contribution < -0.4 is 9.47 Å². The molecule has 0 bridgehead atoms. The Morgan fingerprint density at radius 3 is 2.03 bits per heavy atom. The van der Waals surface area contributed by atoms with E-state index in [4.69, 9.17) is 9.47 Å². The van der Waals surface area contributed by atoms with Crippen LogP contribution in [0.3, 0.4) is 0 Å². The summed E-state index contributed by atoms with van der Waals surface area (Å²) in [5.74, 6) is 2.71. The average molecular weight is 487 g/mol. The molecule has 0 fully saturated rings. The quantitative estimate of drug-likeness (QED) is 0.271. The summed E-state index contributed by atoms with van der Waals surface area (Å²) in [5, 5.41) is 1.08.